The first-order chi connectivity index (χ1) is 22.6. The number of halogens is 5. The molecule has 2 amide bonds. The van der Waals surface area contributed by atoms with Gasteiger partial charge in [0.2, 0.25) is 5.91 Å². The molecule has 3 heterocycles. The molecule has 14 heteroatoms. The molecule has 9 nitrogen and oxygen atoms in total. The zero-order valence-electron chi connectivity index (χ0n) is 26.1. The molecule has 2 aromatic carbocycles. The normalized spacial score (nSPS) is 18.7. The van der Waals surface area contributed by atoms with Gasteiger partial charge in [-0.25, -0.2) is 4.98 Å². The average molecular weight is 671 g/mol. The quantitative estimate of drug-likeness (QED) is 0.161. The summed E-state index contributed by atoms with van der Waals surface area (Å²) in [6, 6.07) is 8.67. The first kappa shape index (κ1) is 32.9. The number of aryl methyl sites for hydroxylation is 1. The van der Waals surface area contributed by atoms with Crippen LogP contribution in [0.25, 0.3) is 22.0 Å². The second-order valence-corrected chi connectivity index (χ2v) is 12.5. The van der Waals surface area contributed by atoms with E-state index in [1.54, 1.807) is 13.0 Å². The molecule has 48 heavy (non-hydrogen) atoms. The van der Waals surface area contributed by atoms with Crippen molar-refractivity contribution in [2.24, 2.45) is 11.7 Å². The largest absolute Gasteiger partial charge is 0.496 e. The molecule has 0 radical (unpaired) electrons. The Hall–Kier alpha value is -5.01. The number of fused-ring (bicyclic) bond motifs is 2. The van der Waals surface area contributed by atoms with E-state index in [4.69, 9.17) is 20.2 Å². The molecule has 0 saturated heterocycles. The molecule has 1 aliphatic carbocycles. The summed E-state index contributed by atoms with van der Waals surface area (Å²) in [5, 5.41) is 3.58. The first-order valence-electron chi connectivity index (χ1n) is 15.0. The molecule has 2 aromatic heterocycles. The molecule has 3 N–H and O–H groups in total. The number of aldehydes is 1. The summed E-state index contributed by atoms with van der Waals surface area (Å²) in [7, 11) is 1.36. The van der Waals surface area contributed by atoms with Crippen LogP contribution in [0.3, 0.4) is 0 Å². The van der Waals surface area contributed by atoms with Crippen LogP contribution in [-0.2, 0) is 26.6 Å². The minimum absolute atomic E-state index is 0.100. The lowest BCUT2D eigenvalue weighted by Gasteiger charge is -2.30. The maximum Gasteiger partial charge on any atom is 0.416 e. The van der Waals surface area contributed by atoms with Gasteiger partial charge in [-0.2, -0.15) is 22.0 Å². The van der Waals surface area contributed by atoms with Crippen LogP contribution in [0.1, 0.15) is 59.2 Å². The Morgan fingerprint density at radius 2 is 1.88 bits per heavy atom. The van der Waals surface area contributed by atoms with E-state index in [-0.39, 0.29) is 58.8 Å². The number of nitrogens with zero attached hydrogens (tertiary/aromatic N) is 2. The molecule has 1 aliphatic heterocycles. The second kappa shape index (κ2) is 11.6. The van der Waals surface area contributed by atoms with Crippen molar-refractivity contribution in [3.8, 4) is 22.8 Å². The maximum atomic E-state index is 13.6. The molecular weight excluding hydrogens is 639 g/mol. The fourth-order valence-electron chi connectivity index (χ4n) is 6.40. The Morgan fingerprint density at radius 3 is 2.44 bits per heavy atom. The van der Waals surface area contributed by atoms with Crippen LogP contribution in [0.4, 0.5) is 22.0 Å². The Morgan fingerprint density at radius 1 is 1.19 bits per heavy atom. The van der Waals surface area contributed by atoms with Gasteiger partial charge in [0.15, 0.2) is 0 Å². The van der Waals surface area contributed by atoms with E-state index >= 15 is 0 Å². The zero-order valence-corrected chi connectivity index (χ0v) is 26.1. The van der Waals surface area contributed by atoms with Gasteiger partial charge in [-0.05, 0) is 62.9 Å². The van der Waals surface area contributed by atoms with Crippen LogP contribution in [0.15, 0.2) is 48.7 Å². The number of primary amides is 1. The minimum Gasteiger partial charge on any atom is -0.496 e. The minimum atomic E-state index is -4.58. The number of rotatable bonds is 10. The molecule has 6 rings (SSSR count). The summed E-state index contributed by atoms with van der Waals surface area (Å²) >= 11 is 0. The van der Waals surface area contributed by atoms with Crippen molar-refractivity contribution in [3.05, 3.63) is 76.7 Å². The average Bonchev–Trinajstić information content (AvgIpc) is 3.77. The number of hydrogen-bond donors (Lipinski definition) is 2. The van der Waals surface area contributed by atoms with Gasteiger partial charge in [0.05, 0.1) is 23.8 Å². The summed E-state index contributed by atoms with van der Waals surface area (Å²) in [4.78, 5) is 44.1. The van der Waals surface area contributed by atoms with Gasteiger partial charge >= 0.3 is 12.7 Å². The fourth-order valence-corrected chi connectivity index (χ4v) is 6.40. The number of hydrogen-bond acceptors (Lipinski definition) is 6. The van der Waals surface area contributed by atoms with Gasteiger partial charge < -0.3 is 25.3 Å². The van der Waals surface area contributed by atoms with Crippen molar-refractivity contribution in [2.45, 2.75) is 50.2 Å². The van der Waals surface area contributed by atoms with Crippen LogP contribution < -0.4 is 20.5 Å². The van der Waals surface area contributed by atoms with Crippen molar-refractivity contribution >= 4 is 28.9 Å². The monoisotopic (exact) mass is 670 g/mol. The standard InChI is InChI=1S/C34H31F5N4O5/c1-17-26-20(13-43(17)31(35)36)10-19(11-24(26)47-3)29(45)41-14-33(15-44,21-8-9-21)25-12-23-28(48-16-32(23,2)30(40)46)27(42-25)18-4-6-22(7-5-18)34(37,38)39/h4-7,10-13,15,21,31H,8-9,14,16H2,1-3H3,(H2,40,46)(H,41,45)/t32-,33+/m0/s1. The van der Waals surface area contributed by atoms with Gasteiger partial charge in [0.1, 0.15) is 35.5 Å². The molecule has 1 fully saturated rings. The van der Waals surface area contributed by atoms with Crippen LogP contribution >= 0.6 is 0 Å². The summed E-state index contributed by atoms with van der Waals surface area (Å²) in [5.74, 6) is -1.22. The molecule has 252 valence electrons. The number of aromatic nitrogens is 2. The summed E-state index contributed by atoms with van der Waals surface area (Å²) in [6.45, 7) is -0.108. The third-order valence-electron chi connectivity index (χ3n) is 9.49. The van der Waals surface area contributed by atoms with Gasteiger partial charge in [-0.3, -0.25) is 14.2 Å². The number of amides is 2. The van der Waals surface area contributed by atoms with E-state index in [0.29, 0.717) is 35.5 Å². The molecule has 0 spiro atoms. The van der Waals surface area contributed by atoms with Crippen molar-refractivity contribution in [3.63, 3.8) is 0 Å². The molecule has 0 unspecified atom stereocenters. The fraction of sp³-hybridized carbons (Fsp3) is 0.353. The summed E-state index contributed by atoms with van der Waals surface area (Å²) in [5.41, 5.74) is 3.39. The highest BCUT2D eigenvalue weighted by Crippen LogP contribution is 2.50. The Bertz CT molecular complexity index is 1950. The zero-order chi connectivity index (χ0) is 34.8. The highest BCUT2D eigenvalue weighted by atomic mass is 19.4. The summed E-state index contributed by atoms with van der Waals surface area (Å²) in [6.07, 6.45) is -1.43. The molecule has 4 aromatic rings. The number of carbonyl (C=O) groups is 3. The van der Waals surface area contributed by atoms with Gasteiger partial charge in [0, 0.05) is 45.9 Å². The van der Waals surface area contributed by atoms with Crippen LogP contribution in [0, 0.1) is 12.8 Å². The van der Waals surface area contributed by atoms with Crippen molar-refractivity contribution < 1.29 is 45.8 Å². The number of methoxy groups -OCH3 is 1. The van der Waals surface area contributed by atoms with Crippen LogP contribution in [-0.4, -0.2) is 47.9 Å². The highest BCUT2D eigenvalue weighted by molar-refractivity contribution is 6.02. The molecule has 2 aliphatic rings. The van der Waals surface area contributed by atoms with E-state index in [9.17, 15) is 36.3 Å². The number of alkyl halides is 5. The lowest BCUT2D eigenvalue weighted by molar-refractivity contribution is -0.137. The first-order valence-corrected chi connectivity index (χ1v) is 15.0. The van der Waals surface area contributed by atoms with E-state index in [1.165, 1.54) is 44.5 Å². The smallest absolute Gasteiger partial charge is 0.416 e. The van der Waals surface area contributed by atoms with E-state index in [1.807, 2.05) is 0 Å². The number of carbonyl (C=O) groups excluding carboxylic acids is 3. The second-order valence-electron chi connectivity index (χ2n) is 12.5. The molecule has 2 atom stereocenters. The molecule has 0 bridgehead atoms. The van der Waals surface area contributed by atoms with Crippen LogP contribution in [0.2, 0.25) is 0 Å². The lowest BCUT2D eigenvalue weighted by atomic mass is 9.76. The maximum absolute atomic E-state index is 13.6. The Balaban J connectivity index is 1.42. The third kappa shape index (κ3) is 5.32. The number of nitrogens with one attached hydrogen (secondary N) is 1. The lowest BCUT2D eigenvalue weighted by Crippen LogP contribution is -2.45. The predicted octanol–water partition coefficient (Wildman–Crippen LogP) is 5.85. The number of benzene rings is 2. The van der Waals surface area contributed by atoms with E-state index in [2.05, 4.69) is 5.32 Å². The van der Waals surface area contributed by atoms with Gasteiger partial charge in [-0.1, -0.05) is 12.1 Å². The van der Waals surface area contributed by atoms with E-state index in [0.717, 1.165) is 16.7 Å². The van der Waals surface area contributed by atoms with Crippen molar-refractivity contribution in [2.75, 3.05) is 20.3 Å². The topological polar surface area (TPSA) is 126 Å². The summed E-state index contributed by atoms with van der Waals surface area (Å²) < 4.78 is 79.3. The predicted molar refractivity (Wildman–Crippen MR) is 164 cm³/mol. The van der Waals surface area contributed by atoms with E-state index < -0.39 is 40.9 Å². The molecule has 1 saturated carbocycles. The third-order valence-corrected chi connectivity index (χ3v) is 9.49. The van der Waals surface area contributed by atoms with Crippen LogP contribution in [0.5, 0.6) is 11.5 Å². The number of pyridine rings is 1. The highest BCUT2D eigenvalue weighted by Gasteiger charge is 2.51. The van der Waals surface area contributed by atoms with Gasteiger partial charge in [0.25, 0.3) is 5.91 Å². The Kier molecular flexibility index (Phi) is 7.95. The number of nitrogens with two attached hydrogens (primary N) is 1. The Labute approximate surface area is 271 Å². The van der Waals surface area contributed by atoms with Crippen molar-refractivity contribution in [1.29, 1.82) is 0 Å². The number of ether oxygens (including phenoxy) is 2. The SMILES string of the molecule is COc1cc(C(=O)NC[C@](C=O)(c2cc3c(c(-c4ccc(C(F)(F)F)cc4)n2)OC[C@]3(C)C(N)=O)C2CC2)cc2cn(C(F)F)c(C)c12. The van der Waals surface area contributed by atoms with Gasteiger partial charge in [-0.15, -0.1) is 0 Å². The van der Waals surface area contributed by atoms with Crippen molar-refractivity contribution in [1.82, 2.24) is 14.9 Å². The molecular formula is C34H31F5N4O5.